The van der Waals surface area contributed by atoms with Crippen LogP contribution in [-0.4, -0.2) is 43.2 Å². The van der Waals surface area contributed by atoms with Crippen LogP contribution in [0.3, 0.4) is 0 Å². The standard InChI is InChI=1S/C23H25Cl2N5O3S/c1-33-13-10-20-29-21-22(16-6-2-3-7-19(16)28-23(21)26)30(20)12-5-4-11-27-34(31,32)15-8-9-17(24)18(25)14-15/h2-3,6-9,14,27H,4-5,10-13H2,1H3,(H2,26,28). The maximum Gasteiger partial charge on any atom is 0.240 e. The molecule has 2 aromatic heterocycles. The summed E-state index contributed by atoms with van der Waals surface area (Å²) in [5.41, 5.74) is 8.63. The predicted molar refractivity (Wildman–Crippen MR) is 136 cm³/mol. The van der Waals surface area contributed by atoms with Crippen molar-refractivity contribution in [1.82, 2.24) is 19.3 Å². The fourth-order valence-electron chi connectivity index (χ4n) is 3.86. The van der Waals surface area contributed by atoms with Crippen LogP contribution < -0.4 is 10.5 Å². The highest BCUT2D eigenvalue weighted by molar-refractivity contribution is 7.89. The van der Waals surface area contributed by atoms with E-state index in [0.717, 1.165) is 28.7 Å². The maximum absolute atomic E-state index is 12.6. The van der Waals surface area contributed by atoms with Gasteiger partial charge in [-0.3, -0.25) is 0 Å². The number of pyridine rings is 1. The minimum absolute atomic E-state index is 0.0822. The van der Waals surface area contributed by atoms with E-state index in [1.54, 1.807) is 7.11 Å². The van der Waals surface area contributed by atoms with Gasteiger partial charge in [0.05, 0.1) is 32.6 Å². The molecule has 4 aromatic rings. The molecule has 0 aliphatic carbocycles. The number of benzene rings is 2. The van der Waals surface area contributed by atoms with Crippen molar-refractivity contribution in [3.05, 3.63) is 58.3 Å². The number of sulfonamides is 1. The van der Waals surface area contributed by atoms with Crippen LogP contribution in [0.5, 0.6) is 0 Å². The minimum Gasteiger partial charge on any atom is -0.384 e. The number of aromatic nitrogens is 3. The van der Waals surface area contributed by atoms with Gasteiger partial charge in [-0.2, -0.15) is 0 Å². The molecule has 0 saturated heterocycles. The molecular weight excluding hydrogens is 497 g/mol. The first-order valence-electron chi connectivity index (χ1n) is 10.8. The molecule has 0 aliphatic rings. The van der Waals surface area contributed by atoms with Crippen molar-refractivity contribution in [3.8, 4) is 0 Å². The molecule has 11 heteroatoms. The molecule has 0 bridgehead atoms. The van der Waals surface area contributed by atoms with Gasteiger partial charge in [0.15, 0.2) is 5.82 Å². The summed E-state index contributed by atoms with van der Waals surface area (Å²) in [4.78, 5) is 9.33. The van der Waals surface area contributed by atoms with Crippen molar-refractivity contribution in [2.45, 2.75) is 30.7 Å². The first-order chi connectivity index (χ1) is 16.3. The molecule has 0 radical (unpaired) electrons. The van der Waals surface area contributed by atoms with E-state index in [9.17, 15) is 8.42 Å². The fourth-order valence-corrected chi connectivity index (χ4v) is 5.32. The van der Waals surface area contributed by atoms with Gasteiger partial charge < -0.3 is 15.0 Å². The van der Waals surface area contributed by atoms with Crippen molar-refractivity contribution < 1.29 is 13.2 Å². The van der Waals surface area contributed by atoms with Crippen molar-refractivity contribution >= 4 is 61.0 Å². The van der Waals surface area contributed by atoms with Crippen molar-refractivity contribution in [3.63, 3.8) is 0 Å². The average molecular weight is 522 g/mol. The van der Waals surface area contributed by atoms with E-state index in [1.165, 1.54) is 18.2 Å². The molecule has 0 unspecified atom stereocenters. The van der Waals surface area contributed by atoms with Crippen molar-refractivity contribution in [2.75, 3.05) is 26.0 Å². The van der Waals surface area contributed by atoms with Gasteiger partial charge in [0, 0.05) is 32.0 Å². The average Bonchev–Trinajstić information content (AvgIpc) is 3.18. The topological polar surface area (TPSA) is 112 Å². The molecule has 8 nitrogen and oxygen atoms in total. The normalized spacial score (nSPS) is 12.1. The SMILES string of the molecule is COCCc1nc2c(N)nc3ccccc3c2n1CCCCNS(=O)(=O)c1ccc(Cl)c(Cl)c1. The number of fused-ring (bicyclic) bond motifs is 3. The maximum atomic E-state index is 12.6. The third-order valence-corrected chi connectivity index (χ3v) is 7.72. The number of hydrogen-bond acceptors (Lipinski definition) is 6. The number of imidazole rings is 1. The molecule has 4 rings (SSSR count). The number of rotatable bonds is 10. The molecule has 0 amide bonds. The van der Waals surface area contributed by atoms with Gasteiger partial charge in [-0.05, 0) is 37.1 Å². The fraction of sp³-hybridized carbons (Fsp3) is 0.304. The number of unbranched alkanes of at least 4 members (excludes halogenated alkanes) is 1. The highest BCUT2D eigenvalue weighted by Gasteiger charge is 2.18. The summed E-state index contributed by atoms with van der Waals surface area (Å²) < 4.78 is 35.1. The Balaban J connectivity index is 1.51. The van der Waals surface area contributed by atoms with Gasteiger partial charge in [0.1, 0.15) is 11.3 Å². The lowest BCUT2D eigenvalue weighted by Gasteiger charge is -2.12. The Hall–Kier alpha value is -2.43. The molecule has 2 aromatic carbocycles. The molecular formula is C23H25Cl2N5O3S. The Morgan fingerprint density at radius 3 is 2.65 bits per heavy atom. The summed E-state index contributed by atoms with van der Waals surface area (Å²) in [6, 6.07) is 12.1. The number of halogens is 2. The van der Waals surface area contributed by atoms with Crippen LogP contribution in [-0.2, 0) is 27.7 Å². The number of para-hydroxylation sites is 1. The van der Waals surface area contributed by atoms with E-state index in [2.05, 4.69) is 14.3 Å². The number of nitrogens with one attached hydrogen (secondary N) is 1. The van der Waals surface area contributed by atoms with Gasteiger partial charge in [-0.15, -0.1) is 0 Å². The molecule has 0 saturated carbocycles. The predicted octanol–water partition coefficient (Wildman–Crippen LogP) is 4.42. The van der Waals surface area contributed by atoms with E-state index < -0.39 is 10.0 Å². The number of hydrogen-bond donors (Lipinski definition) is 2. The molecule has 0 fully saturated rings. The van der Waals surface area contributed by atoms with Crippen LogP contribution in [0.25, 0.3) is 21.9 Å². The highest BCUT2D eigenvalue weighted by atomic mass is 35.5. The summed E-state index contributed by atoms with van der Waals surface area (Å²) in [6.07, 6.45) is 1.98. The Morgan fingerprint density at radius 2 is 1.88 bits per heavy atom. The Morgan fingerprint density at radius 1 is 1.09 bits per heavy atom. The zero-order valence-corrected chi connectivity index (χ0v) is 20.9. The van der Waals surface area contributed by atoms with Crippen LogP contribution in [0.4, 0.5) is 5.82 Å². The van der Waals surface area contributed by atoms with Crippen LogP contribution in [0.1, 0.15) is 18.7 Å². The largest absolute Gasteiger partial charge is 0.384 e. The Kier molecular flexibility index (Phi) is 7.59. The molecule has 180 valence electrons. The first-order valence-corrected chi connectivity index (χ1v) is 13.0. The summed E-state index contributed by atoms with van der Waals surface area (Å²) in [5, 5.41) is 1.48. The van der Waals surface area contributed by atoms with Crippen LogP contribution in [0, 0.1) is 0 Å². The van der Waals surface area contributed by atoms with E-state index >= 15 is 0 Å². The molecule has 2 heterocycles. The van der Waals surface area contributed by atoms with Crippen LogP contribution in [0.2, 0.25) is 10.0 Å². The van der Waals surface area contributed by atoms with Gasteiger partial charge in [0.25, 0.3) is 0 Å². The minimum atomic E-state index is -3.68. The number of ether oxygens (including phenoxy) is 1. The summed E-state index contributed by atoms with van der Waals surface area (Å²) >= 11 is 11.8. The summed E-state index contributed by atoms with van der Waals surface area (Å²) in [7, 11) is -2.03. The zero-order chi connectivity index (χ0) is 24.3. The van der Waals surface area contributed by atoms with Gasteiger partial charge in [-0.25, -0.2) is 23.1 Å². The lowest BCUT2D eigenvalue weighted by molar-refractivity contribution is 0.199. The first kappa shape index (κ1) is 24.7. The van der Waals surface area contributed by atoms with Crippen molar-refractivity contribution in [2.24, 2.45) is 0 Å². The number of nitrogens with two attached hydrogens (primary N) is 1. The lowest BCUT2D eigenvalue weighted by atomic mass is 10.2. The molecule has 34 heavy (non-hydrogen) atoms. The second-order valence-corrected chi connectivity index (χ2v) is 10.4. The number of methoxy groups -OCH3 is 1. The Bertz CT molecular complexity index is 1440. The van der Waals surface area contributed by atoms with Crippen LogP contribution in [0.15, 0.2) is 47.4 Å². The highest BCUT2D eigenvalue weighted by Crippen LogP contribution is 2.29. The summed E-state index contributed by atoms with van der Waals surface area (Å²) in [6.45, 7) is 1.46. The van der Waals surface area contributed by atoms with E-state index in [1.807, 2.05) is 24.3 Å². The second kappa shape index (κ2) is 10.5. The smallest absolute Gasteiger partial charge is 0.240 e. The third kappa shape index (κ3) is 5.13. The zero-order valence-electron chi connectivity index (χ0n) is 18.6. The van der Waals surface area contributed by atoms with Gasteiger partial charge in [0.2, 0.25) is 10.0 Å². The third-order valence-electron chi connectivity index (χ3n) is 5.52. The number of aryl methyl sites for hydroxylation is 1. The van der Waals surface area contributed by atoms with Gasteiger partial charge >= 0.3 is 0 Å². The molecule has 0 atom stereocenters. The van der Waals surface area contributed by atoms with E-state index in [-0.39, 0.29) is 16.5 Å². The molecule has 0 aliphatic heterocycles. The number of nitrogens with zero attached hydrogens (tertiary/aromatic N) is 3. The number of nitrogen functional groups attached to an aromatic ring is 1. The van der Waals surface area contributed by atoms with E-state index in [4.69, 9.17) is 38.7 Å². The molecule has 3 N–H and O–H groups in total. The Labute approximate surface area is 208 Å². The van der Waals surface area contributed by atoms with E-state index in [0.29, 0.717) is 42.4 Å². The van der Waals surface area contributed by atoms with Gasteiger partial charge in [-0.1, -0.05) is 41.4 Å². The molecule has 0 spiro atoms. The number of anilines is 1. The monoisotopic (exact) mass is 521 g/mol. The second-order valence-electron chi connectivity index (χ2n) is 7.81. The summed E-state index contributed by atoms with van der Waals surface area (Å²) in [5.74, 6) is 1.25. The quantitative estimate of drug-likeness (QED) is 0.298. The van der Waals surface area contributed by atoms with Crippen LogP contribution >= 0.6 is 23.2 Å². The lowest BCUT2D eigenvalue weighted by Crippen LogP contribution is -2.25. The van der Waals surface area contributed by atoms with Crippen molar-refractivity contribution in [1.29, 1.82) is 0 Å².